The molecule has 0 aliphatic heterocycles. The number of nitrogens with zero attached hydrogens (tertiary/aromatic N) is 1. The smallest absolute Gasteiger partial charge is 0.321 e. The van der Waals surface area contributed by atoms with Crippen molar-refractivity contribution in [1.82, 2.24) is 10.3 Å². The van der Waals surface area contributed by atoms with Gasteiger partial charge in [-0.3, -0.25) is 5.32 Å². The molecule has 1 atom stereocenters. The Bertz CT molecular complexity index is 710. The Kier molecular flexibility index (Phi) is 4.59. The number of nitrogens with one attached hydrogen (secondary N) is 2. The fourth-order valence-corrected chi connectivity index (χ4v) is 2.86. The summed E-state index contributed by atoms with van der Waals surface area (Å²) in [5.41, 5.74) is 0.816. The van der Waals surface area contributed by atoms with Gasteiger partial charge in [0.25, 0.3) is 0 Å². The number of carbonyl (C=O) groups is 1. The van der Waals surface area contributed by atoms with Crippen molar-refractivity contribution in [3.63, 3.8) is 0 Å². The Hall–Kier alpha value is -1.93. The summed E-state index contributed by atoms with van der Waals surface area (Å²) in [6.45, 7) is 1.82. The lowest BCUT2D eigenvalue weighted by atomic mass is 10.1. The van der Waals surface area contributed by atoms with E-state index in [1.54, 1.807) is 23.7 Å². The molecule has 0 unspecified atom stereocenters. The van der Waals surface area contributed by atoms with Crippen LogP contribution in [0.4, 0.5) is 9.93 Å². The number of benzene rings is 1. The Morgan fingerprint density at radius 1 is 1.29 bits per heavy atom. The summed E-state index contributed by atoms with van der Waals surface area (Å²) in [5.74, 6) is 0. The number of urea groups is 1. The van der Waals surface area contributed by atoms with Gasteiger partial charge in [-0.25, -0.2) is 18.2 Å². The van der Waals surface area contributed by atoms with Crippen molar-refractivity contribution in [2.75, 3.05) is 11.6 Å². The molecule has 112 valence electrons. The highest BCUT2D eigenvalue weighted by molar-refractivity contribution is 7.90. The van der Waals surface area contributed by atoms with E-state index in [0.717, 1.165) is 11.8 Å². The molecule has 2 rings (SSSR count). The largest absolute Gasteiger partial charge is 0.331 e. The molecule has 1 heterocycles. The fourth-order valence-electron chi connectivity index (χ4n) is 1.70. The van der Waals surface area contributed by atoms with Crippen LogP contribution in [0.5, 0.6) is 0 Å². The number of carbonyl (C=O) groups excluding carboxylic acids is 1. The first-order valence-corrected chi connectivity index (χ1v) is 8.90. The van der Waals surface area contributed by atoms with Crippen LogP contribution in [0.25, 0.3) is 0 Å². The maximum atomic E-state index is 11.8. The number of rotatable bonds is 4. The monoisotopic (exact) mass is 325 g/mol. The summed E-state index contributed by atoms with van der Waals surface area (Å²) in [6, 6.07) is 5.82. The van der Waals surface area contributed by atoms with E-state index < -0.39 is 9.84 Å². The average molecular weight is 325 g/mol. The van der Waals surface area contributed by atoms with Gasteiger partial charge in [0.2, 0.25) is 0 Å². The zero-order valence-electron chi connectivity index (χ0n) is 11.5. The highest BCUT2D eigenvalue weighted by Gasteiger charge is 2.12. The van der Waals surface area contributed by atoms with E-state index in [0.29, 0.717) is 5.13 Å². The quantitative estimate of drug-likeness (QED) is 0.903. The van der Waals surface area contributed by atoms with E-state index >= 15 is 0 Å². The van der Waals surface area contributed by atoms with Gasteiger partial charge in [0, 0.05) is 17.8 Å². The van der Waals surface area contributed by atoms with E-state index in [1.807, 2.05) is 6.92 Å². The van der Waals surface area contributed by atoms with Crippen LogP contribution in [-0.4, -0.2) is 25.7 Å². The Morgan fingerprint density at radius 3 is 2.48 bits per heavy atom. The van der Waals surface area contributed by atoms with Crippen molar-refractivity contribution in [3.05, 3.63) is 41.4 Å². The van der Waals surface area contributed by atoms with Crippen molar-refractivity contribution in [2.24, 2.45) is 0 Å². The number of anilines is 1. The molecular weight excluding hydrogens is 310 g/mol. The molecule has 0 aliphatic rings. The first kappa shape index (κ1) is 15.5. The maximum absolute atomic E-state index is 11.8. The molecule has 6 nitrogen and oxygen atoms in total. The van der Waals surface area contributed by atoms with Crippen molar-refractivity contribution < 1.29 is 13.2 Å². The first-order chi connectivity index (χ1) is 9.86. The van der Waals surface area contributed by atoms with Crippen LogP contribution in [0, 0.1) is 0 Å². The van der Waals surface area contributed by atoms with Crippen LogP contribution < -0.4 is 10.6 Å². The van der Waals surface area contributed by atoms with Crippen LogP contribution in [-0.2, 0) is 9.84 Å². The summed E-state index contributed by atoms with van der Waals surface area (Å²) in [4.78, 5) is 16.0. The standard InChI is InChI=1S/C13H15N3O3S2/c1-9(15-12(17)16-13-14-7-8-20-13)10-3-5-11(6-4-10)21(2,18)19/h3-9H,1-2H3,(H2,14,15,16,17)/t9-/m1/s1. The number of amides is 2. The van der Waals surface area contributed by atoms with Crippen LogP contribution in [0.3, 0.4) is 0 Å². The molecule has 2 amide bonds. The molecule has 0 saturated carbocycles. The van der Waals surface area contributed by atoms with Crippen molar-refractivity contribution >= 4 is 32.3 Å². The van der Waals surface area contributed by atoms with Crippen molar-refractivity contribution in [3.8, 4) is 0 Å². The predicted octanol–water partition coefficient (Wildman–Crippen LogP) is 2.43. The SMILES string of the molecule is C[C@@H](NC(=O)Nc1nccs1)c1ccc(S(C)(=O)=O)cc1. The second kappa shape index (κ2) is 6.23. The lowest BCUT2D eigenvalue weighted by Gasteiger charge is -2.14. The molecule has 0 bridgehead atoms. The fraction of sp³-hybridized carbons (Fsp3) is 0.231. The molecule has 2 N–H and O–H groups in total. The van der Waals surface area contributed by atoms with Gasteiger partial charge in [-0.1, -0.05) is 12.1 Å². The van der Waals surface area contributed by atoms with E-state index in [2.05, 4.69) is 15.6 Å². The molecular formula is C13H15N3O3S2. The third-order valence-electron chi connectivity index (χ3n) is 2.81. The zero-order chi connectivity index (χ0) is 15.5. The molecule has 0 radical (unpaired) electrons. The van der Waals surface area contributed by atoms with Gasteiger partial charge >= 0.3 is 6.03 Å². The van der Waals surface area contributed by atoms with Crippen molar-refractivity contribution in [1.29, 1.82) is 0 Å². The molecule has 0 aliphatic carbocycles. The molecule has 1 aromatic heterocycles. The summed E-state index contributed by atoms with van der Waals surface area (Å²) in [6.07, 6.45) is 2.76. The second-order valence-electron chi connectivity index (χ2n) is 4.50. The van der Waals surface area contributed by atoms with E-state index in [1.165, 1.54) is 23.5 Å². The molecule has 1 aromatic carbocycles. The Morgan fingerprint density at radius 2 is 1.95 bits per heavy atom. The zero-order valence-corrected chi connectivity index (χ0v) is 13.2. The van der Waals surface area contributed by atoms with Crippen LogP contribution in [0.2, 0.25) is 0 Å². The Labute approximate surface area is 127 Å². The second-order valence-corrected chi connectivity index (χ2v) is 7.41. The molecule has 0 fully saturated rings. The minimum absolute atomic E-state index is 0.251. The summed E-state index contributed by atoms with van der Waals surface area (Å²) < 4.78 is 22.8. The van der Waals surface area contributed by atoms with Gasteiger partial charge in [-0.15, -0.1) is 11.3 Å². The normalized spacial score (nSPS) is 12.7. The lowest BCUT2D eigenvalue weighted by molar-refractivity contribution is 0.249. The number of thiazole rings is 1. The van der Waals surface area contributed by atoms with E-state index in [-0.39, 0.29) is 17.0 Å². The van der Waals surface area contributed by atoms with Crippen molar-refractivity contribution in [2.45, 2.75) is 17.9 Å². The minimum atomic E-state index is -3.21. The highest BCUT2D eigenvalue weighted by atomic mass is 32.2. The van der Waals surface area contributed by atoms with Gasteiger partial charge in [-0.05, 0) is 24.6 Å². The molecule has 2 aromatic rings. The molecule has 0 spiro atoms. The Balaban J connectivity index is 2.00. The van der Waals surface area contributed by atoms with Gasteiger partial charge in [0.1, 0.15) is 0 Å². The third kappa shape index (κ3) is 4.27. The molecule has 0 saturated heterocycles. The summed E-state index contributed by atoms with van der Waals surface area (Å²) >= 11 is 1.33. The lowest BCUT2D eigenvalue weighted by Crippen LogP contribution is -2.31. The highest BCUT2D eigenvalue weighted by Crippen LogP contribution is 2.17. The average Bonchev–Trinajstić information content (AvgIpc) is 2.90. The molecule has 21 heavy (non-hydrogen) atoms. The number of hydrogen-bond acceptors (Lipinski definition) is 5. The van der Waals surface area contributed by atoms with Gasteiger partial charge in [0.15, 0.2) is 15.0 Å². The van der Waals surface area contributed by atoms with Gasteiger partial charge < -0.3 is 5.32 Å². The first-order valence-electron chi connectivity index (χ1n) is 6.13. The summed E-state index contributed by atoms with van der Waals surface area (Å²) in [7, 11) is -3.21. The van der Waals surface area contributed by atoms with Crippen LogP contribution in [0.15, 0.2) is 40.7 Å². The maximum Gasteiger partial charge on any atom is 0.321 e. The number of hydrogen-bond donors (Lipinski definition) is 2. The minimum Gasteiger partial charge on any atom is -0.331 e. The van der Waals surface area contributed by atoms with E-state index in [9.17, 15) is 13.2 Å². The van der Waals surface area contributed by atoms with E-state index in [4.69, 9.17) is 0 Å². The third-order valence-corrected chi connectivity index (χ3v) is 4.63. The topological polar surface area (TPSA) is 88.2 Å². The number of sulfone groups is 1. The number of aromatic nitrogens is 1. The predicted molar refractivity (Wildman–Crippen MR) is 82.2 cm³/mol. The van der Waals surface area contributed by atoms with Crippen LogP contribution >= 0.6 is 11.3 Å². The summed E-state index contributed by atoms with van der Waals surface area (Å²) in [5, 5.41) is 7.67. The van der Waals surface area contributed by atoms with Gasteiger partial charge in [-0.2, -0.15) is 0 Å². The van der Waals surface area contributed by atoms with Crippen LogP contribution in [0.1, 0.15) is 18.5 Å². The van der Waals surface area contributed by atoms with Gasteiger partial charge in [0.05, 0.1) is 10.9 Å². The molecule has 8 heteroatoms.